The van der Waals surface area contributed by atoms with E-state index in [-0.39, 0.29) is 0 Å². The molecule has 0 fully saturated rings. The molecule has 0 aromatic heterocycles. The Kier molecular flexibility index (Phi) is 2.07. The summed E-state index contributed by atoms with van der Waals surface area (Å²) >= 11 is 0. The molecular weight excluding hydrogens is 138 g/mol. The monoisotopic (exact) mass is 148 g/mol. The van der Waals surface area contributed by atoms with Gasteiger partial charge in [-0.2, -0.15) is 0 Å². The van der Waals surface area contributed by atoms with E-state index in [0.717, 1.165) is 16.8 Å². The van der Waals surface area contributed by atoms with Crippen LogP contribution in [0, 0.1) is 19.2 Å². The second-order valence-electron chi connectivity index (χ2n) is 2.59. The molecule has 0 saturated carbocycles. The third-order valence-corrected chi connectivity index (χ3v) is 1.40. The Hall–Kier alpha value is -1.56. The lowest BCUT2D eigenvalue weighted by Crippen LogP contribution is -1.86. The Morgan fingerprint density at radius 1 is 1.18 bits per heavy atom. The summed E-state index contributed by atoms with van der Waals surface area (Å²) in [6.45, 7) is 3.99. The number of hydrogen-bond donors (Lipinski definition) is 1. The highest BCUT2D eigenvalue weighted by Gasteiger charge is 1.98. The van der Waals surface area contributed by atoms with Gasteiger partial charge in [0.2, 0.25) is 0 Å². The molecule has 0 aliphatic carbocycles. The highest BCUT2D eigenvalue weighted by Crippen LogP contribution is 2.13. The molecule has 1 aromatic rings. The normalized spacial score (nSPS) is 8.82. The first-order valence-corrected chi connectivity index (χ1v) is 3.41. The number of rotatable bonds is 1. The van der Waals surface area contributed by atoms with Gasteiger partial charge in [-0.1, -0.05) is 6.07 Å². The van der Waals surface area contributed by atoms with Crippen molar-refractivity contribution in [1.82, 2.24) is 0 Å². The van der Waals surface area contributed by atoms with Gasteiger partial charge in [0.15, 0.2) is 0 Å². The molecule has 1 N–H and O–H groups in total. The lowest BCUT2D eigenvalue weighted by Gasteiger charge is -1.96. The van der Waals surface area contributed by atoms with Crippen LogP contribution in [0.15, 0.2) is 18.2 Å². The van der Waals surface area contributed by atoms with Gasteiger partial charge in [0.05, 0.1) is 0 Å². The third kappa shape index (κ3) is 1.94. The number of anilines is 1. The van der Waals surface area contributed by atoms with Gasteiger partial charge in [0, 0.05) is 0 Å². The van der Waals surface area contributed by atoms with Crippen LogP contribution < -0.4 is 5.43 Å². The summed E-state index contributed by atoms with van der Waals surface area (Å²) in [5.41, 5.74) is 5.58. The molecule has 0 aliphatic rings. The van der Waals surface area contributed by atoms with Crippen LogP contribution in [0.3, 0.4) is 0 Å². The molecule has 0 radical (unpaired) electrons. The van der Waals surface area contributed by atoms with Gasteiger partial charge in [-0.3, -0.25) is 0 Å². The van der Waals surface area contributed by atoms with Crippen LogP contribution in [0.25, 0.3) is 5.08 Å². The van der Waals surface area contributed by atoms with E-state index in [4.69, 9.17) is 5.39 Å². The number of hydrogen-bond acceptors (Lipinski definition) is 2. The topological polar surface area (TPSA) is 40.2 Å². The number of nitrogens with zero attached hydrogens (tertiary/aromatic N) is 2. The number of aryl methyl sites for hydroxylation is 2. The zero-order valence-corrected chi connectivity index (χ0v) is 6.63. The predicted molar refractivity (Wildman–Crippen MR) is 44.6 cm³/mol. The third-order valence-electron chi connectivity index (χ3n) is 1.40. The minimum atomic E-state index is 0.810. The fourth-order valence-corrected chi connectivity index (χ4v) is 1.10. The molecule has 1 aromatic carbocycles. The van der Waals surface area contributed by atoms with Gasteiger partial charge in [0.25, 0.3) is 5.39 Å². The molecule has 0 aliphatic heterocycles. The van der Waals surface area contributed by atoms with Crippen molar-refractivity contribution in [2.24, 2.45) is 0 Å². The van der Waals surface area contributed by atoms with Crippen molar-refractivity contribution in [3.63, 3.8) is 0 Å². The number of benzene rings is 1. The molecule has 0 spiro atoms. The summed E-state index contributed by atoms with van der Waals surface area (Å²) in [6, 6.07) is 5.88. The van der Waals surface area contributed by atoms with Gasteiger partial charge < -0.3 is 0 Å². The maximum atomic E-state index is 8.22. The van der Waals surface area contributed by atoms with Crippen molar-refractivity contribution >= 4 is 5.69 Å². The van der Waals surface area contributed by atoms with Crippen molar-refractivity contribution in [1.29, 1.82) is 5.39 Å². The summed E-state index contributed by atoms with van der Waals surface area (Å²) in [7, 11) is 0. The van der Waals surface area contributed by atoms with Crippen molar-refractivity contribution in [2.75, 3.05) is 5.43 Å². The van der Waals surface area contributed by atoms with Gasteiger partial charge in [-0.25, -0.2) is 0 Å². The average molecular weight is 148 g/mol. The van der Waals surface area contributed by atoms with Crippen molar-refractivity contribution < 1.29 is 0 Å². The summed E-state index contributed by atoms with van der Waals surface area (Å²) in [6.07, 6.45) is 0. The summed E-state index contributed by atoms with van der Waals surface area (Å²) in [5.74, 6) is 0. The van der Waals surface area contributed by atoms with E-state index in [1.807, 2.05) is 26.0 Å². The van der Waals surface area contributed by atoms with E-state index in [1.54, 1.807) is 0 Å². The van der Waals surface area contributed by atoms with Crippen LogP contribution in [-0.4, -0.2) is 0 Å². The fourth-order valence-electron chi connectivity index (χ4n) is 1.10. The first-order chi connectivity index (χ1) is 5.22. The maximum Gasteiger partial charge on any atom is 0.308 e. The van der Waals surface area contributed by atoms with E-state index in [2.05, 4.69) is 16.6 Å². The Bertz CT molecular complexity index is 278. The second kappa shape index (κ2) is 3.02. The minimum Gasteiger partial charge on any atom is -0.0562 e. The van der Waals surface area contributed by atoms with Crippen LogP contribution in [0.1, 0.15) is 11.1 Å². The summed E-state index contributed by atoms with van der Waals surface area (Å²) in [5, 5.41) is 11.1. The van der Waals surface area contributed by atoms with E-state index in [0.29, 0.717) is 0 Å². The molecule has 1 rings (SSSR count). The number of nitrogens with one attached hydrogen (secondary N) is 1. The second-order valence-corrected chi connectivity index (χ2v) is 2.59. The summed E-state index contributed by atoms with van der Waals surface area (Å²) < 4.78 is 0. The van der Waals surface area contributed by atoms with E-state index in [1.165, 1.54) is 0 Å². The average Bonchev–Trinajstić information content (AvgIpc) is 1.85. The Labute approximate surface area is 65.6 Å². The molecule has 0 amide bonds. The van der Waals surface area contributed by atoms with Crippen molar-refractivity contribution in [3.05, 3.63) is 34.4 Å². The molecular formula is C8H10N3+. The predicted octanol–water partition coefficient (Wildman–Crippen LogP) is 2.48. The highest BCUT2D eigenvalue weighted by molar-refractivity contribution is 5.48. The van der Waals surface area contributed by atoms with Crippen LogP contribution in [0.2, 0.25) is 0 Å². The zero-order valence-electron chi connectivity index (χ0n) is 6.63. The van der Waals surface area contributed by atoms with Crippen molar-refractivity contribution in [2.45, 2.75) is 13.8 Å². The van der Waals surface area contributed by atoms with Gasteiger partial charge in [-0.05, 0) is 42.5 Å². The summed E-state index contributed by atoms with van der Waals surface area (Å²) in [4.78, 5) is 0. The molecule has 0 bridgehead atoms. The van der Waals surface area contributed by atoms with Crippen molar-refractivity contribution in [3.8, 4) is 0 Å². The minimum absolute atomic E-state index is 0.810. The highest BCUT2D eigenvalue weighted by atomic mass is 15.3. The first kappa shape index (κ1) is 7.55. The van der Waals surface area contributed by atoms with E-state index >= 15 is 0 Å². The first-order valence-electron chi connectivity index (χ1n) is 3.41. The molecule has 0 heterocycles. The van der Waals surface area contributed by atoms with Crippen LogP contribution in [0.5, 0.6) is 0 Å². The number of diazo groups is 1. The molecule has 56 valence electrons. The van der Waals surface area contributed by atoms with Crippen LogP contribution >= 0.6 is 0 Å². The maximum absolute atomic E-state index is 8.22. The molecule has 3 heteroatoms. The van der Waals surface area contributed by atoms with E-state index in [9.17, 15) is 0 Å². The largest absolute Gasteiger partial charge is 0.308 e. The lowest BCUT2D eigenvalue weighted by molar-refractivity contribution is 1.34. The zero-order chi connectivity index (χ0) is 8.27. The standard InChI is InChI=1S/C8H10N3/c1-6-3-7(2)5-8(4-6)10-11-9/h3-5,10H,1-2H3/q+1. The lowest BCUT2D eigenvalue weighted by atomic mass is 10.1. The van der Waals surface area contributed by atoms with Gasteiger partial charge >= 0.3 is 5.08 Å². The quantitative estimate of drug-likeness (QED) is 0.491. The fraction of sp³-hybridized carbons (Fsp3) is 0.250. The van der Waals surface area contributed by atoms with Gasteiger partial charge in [-0.15, -0.1) is 0 Å². The Morgan fingerprint density at radius 3 is 2.18 bits per heavy atom. The molecule has 11 heavy (non-hydrogen) atoms. The van der Waals surface area contributed by atoms with Crippen LogP contribution in [0.4, 0.5) is 5.69 Å². The SMILES string of the molecule is Cc1cc(C)cc(N[N+]#N)c1. The Balaban J connectivity index is 3.01. The van der Waals surface area contributed by atoms with E-state index < -0.39 is 0 Å². The molecule has 3 nitrogen and oxygen atoms in total. The smallest absolute Gasteiger partial charge is 0.0562 e. The molecule has 0 atom stereocenters. The van der Waals surface area contributed by atoms with Crippen LogP contribution in [-0.2, 0) is 0 Å². The van der Waals surface area contributed by atoms with Gasteiger partial charge in [0.1, 0.15) is 5.69 Å². The molecule has 0 saturated heterocycles. The molecule has 0 unspecified atom stereocenters. The Morgan fingerprint density at radius 2 is 1.73 bits per heavy atom.